The minimum atomic E-state index is -0.357. The molecule has 1 aromatic carbocycles. The summed E-state index contributed by atoms with van der Waals surface area (Å²) >= 11 is 2.07. The number of rotatable bonds is 2. The van der Waals surface area contributed by atoms with E-state index in [2.05, 4.69) is 27.9 Å². The molecule has 0 unspecified atom stereocenters. The SMILES string of the molecule is Cc1cc(F)cc(NC=C(C#N)C#N)c1I. The van der Waals surface area contributed by atoms with Crippen molar-refractivity contribution in [2.24, 2.45) is 0 Å². The first-order valence-corrected chi connectivity index (χ1v) is 5.39. The van der Waals surface area contributed by atoms with Crippen molar-refractivity contribution in [1.82, 2.24) is 0 Å². The maximum atomic E-state index is 13.1. The van der Waals surface area contributed by atoms with Gasteiger partial charge in [0.15, 0.2) is 0 Å². The first-order valence-electron chi connectivity index (χ1n) is 4.31. The van der Waals surface area contributed by atoms with Crippen LogP contribution in [0.4, 0.5) is 10.1 Å². The van der Waals surface area contributed by atoms with Crippen LogP contribution in [0.2, 0.25) is 0 Å². The molecule has 1 rings (SSSR count). The Morgan fingerprint density at radius 3 is 2.62 bits per heavy atom. The van der Waals surface area contributed by atoms with Crippen LogP contribution in [0.25, 0.3) is 0 Å². The quantitative estimate of drug-likeness (QED) is 0.671. The van der Waals surface area contributed by atoms with E-state index in [4.69, 9.17) is 10.5 Å². The maximum Gasteiger partial charge on any atom is 0.145 e. The van der Waals surface area contributed by atoms with Gasteiger partial charge in [-0.3, -0.25) is 0 Å². The van der Waals surface area contributed by atoms with E-state index in [9.17, 15) is 4.39 Å². The van der Waals surface area contributed by atoms with Crippen molar-refractivity contribution in [3.05, 3.63) is 38.9 Å². The summed E-state index contributed by atoms with van der Waals surface area (Å²) in [4.78, 5) is 0. The summed E-state index contributed by atoms with van der Waals surface area (Å²) in [5.41, 5.74) is 1.28. The maximum absolute atomic E-state index is 13.1. The van der Waals surface area contributed by atoms with E-state index in [-0.39, 0.29) is 11.4 Å². The van der Waals surface area contributed by atoms with Gasteiger partial charge in [0.05, 0.1) is 5.69 Å². The van der Waals surface area contributed by atoms with Crippen molar-refractivity contribution in [3.63, 3.8) is 0 Å². The molecule has 0 spiro atoms. The van der Waals surface area contributed by atoms with Gasteiger partial charge in [-0.2, -0.15) is 10.5 Å². The predicted molar refractivity (Wildman–Crippen MR) is 66.8 cm³/mol. The Kier molecular flexibility index (Phi) is 4.27. The van der Waals surface area contributed by atoms with Gasteiger partial charge in [0.2, 0.25) is 0 Å². The van der Waals surface area contributed by atoms with Crippen LogP contribution in [0.3, 0.4) is 0 Å². The van der Waals surface area contributed by atoms with Crippen LogP contribution < -0.4 is 5.32 Å². The molecule has 1 aromatic rings. The summed E-state index contributed by atoms with van der Waals surface area (Å²) in [5, 5.41) is 19.8. The van der Waals surface area contributed by atoms with E-state index in [1.165, 1.54) is 18.3 Å². The van der Waals surface area contributed by atoms with Crippen LogP contribution in [0.5, 0.6) is 0 Å². The summed E-state index contributed by atoms with van der Waals surface area (Å²) in [6, 6.07) is 6.16. The van der Waals surface area contributed by atoms with Gasteiger partial charge < -0.3 is 5.32 Å². The number of aryl methyl sites for hydroxylation is 1. The molecule has 3 nitrogen and oxygen atoms in total. The van der Waals surface area contributed by atoms with Gasteiger partial charge in [-0.05, 0) is 47.2 Å². The largest absolute Gasteiger partial charge is 0.359 e. The second kappa shape index (κ2) is 5.47. The minimum absolute atomic E-state index is 0.0577. The summed E-state index contributed by atoms with van der Waals surface area (Å²) in [6.07, 6.45) is 1.26. The van der Waals surface area contributed by atoms with Crippen LogP contribution in [-0.4, -0.2) is 0 Å². The third-order valence-electron chi connectivity index (χ3n) is 1.83. The van der Waals surface area contributed by atoms with Gasteiger partial charge in [0.25, 0.3) is 0 Å². The Balaban J connectivity index is 3.05. The van der Waals surface area contributed by atoms with Crippen molar-refractivity contribution >= 4 is 28.3 Å². The fourth-order valence-electron chi connectivity index (χ4n) is 1.07. The van der Waals surface area contributed by atoms with E-state index in [1.807, 2.05) is 0 Å². The molecule has 0 saturated heterocycles. The Hall–Kier alpha value is -1.60. The van der Waals surface area contributed by atoms with Gasteiger partial charge >= 0.3 is 0 Å². The number of hydrogen-bond acceptors (Lipinski definition) is 3. The van der Waals surface area contributed by atoms with Crippen LogP contribution in [-0.2, 0) is 0 Å². The molecule has 80 valence electrons. The van der Waals surface area contributed by atoms with Crippen molar-refractivity contribution in [1.29, 1.82) is 10.5 Å². The van der Waals surface area contributed by atoms with E-state index in [0.717, 1.165) is 9.13 Å². The third kappa shape index (κ3) is 2.94. The zero-order chi connectivity index (χ0) is 12.1. The number of nitrogens with zero attached hydrogens (tertiary/aromatic N) is 2. The molecule has 0 aliphatic rings. The van der Waals surface area contributed by atoms with E-state index in [1.54, 1.807) is 19.1 Å². The molecule has 0 aromatic heterocycles. The van der Waals surface area contributed by atoms with E-state index in [0.29, 0.717) is 5.69 Å². The van der Waals surface area contributed by atoms with Crippen molar-refractivity contribution in [3.8, 4) is 12.1 Å². The molecule has 0 fully saturated rings. The number of allylic oxidation sites excluding steroid dienone is 1. The van der Waals surface area contributed by atoms with Crippen LogP contribution in [0.15, 0.2) is 23.9 Å². The van der Waals surface area contributed by atoms with Gasteiger partial charge in [0, 0.05) is 9.77 Å². The fourth-order valence-corrected chi connectivity index (χ4v) is 1.54. The molecule has 0 radical (unpaired) electrons. The fraction of sp³-hybridized carbons (Fsp3) is 0.0909. The average molecular weight is 327 g/mol. The lowest BCUT2D eigenvalue weighted by atomic mass is 10.2. The average Bonchev–Trinajstić information content (AvgIpc) is 2.26. The Bertz CT molecular complexity index is 507. The highest BCUT2D eigenvalue weighted by atomic mass is 127. The number of hydrogen-bond donors (Lipinski definition) is 1. The first kappa shape index (κ1) is 12.5. The standard InChI is InChI=1S/C11H7FIN3/c1-7-2-9(12)3-10(11(7)13)16-6-8(4-14)5-15/h2-3,6,16H,1H3. The molecule has 5 heteroatoms. The van der Waals surface area contributed by atoms with Gasteiger partial charge in [0.1, 0.15) is 23.5 Å². The molecule has 0 aliphatic heterocycles. The first-order chi connectivity index (χ1) is 7.58. The van der Waals surface area contributed by atoms with E-state index < -0.39 is 0 Å². The number of halogens is 2. The van der Waals surface area contributed by atoms with Crippen molar-refractivity contribution in [2.45, 2.75) is 6.92 Å². The smallest absolute Gasteiger partial charge is 0.145 e. The van der Waals surface area contributed by atoms with Gasteiger partial charge in [-0.1, -0.05) is 0 Å². The summed E-state index contributed by atoms with van der Waals surface area (Å²) in [7, 11) is 0. The highest BCUT2D eigenvalue weighted by Crippen LogP contribution is 2.23. The monoisotopic (exact) mass is 327 g/mol. The highest BCUT2D eigenvalue weighted by Gasteiger charge is 2.04. The van der Waals surface area contributed by atoms with Gasteiger partial charge in [-0.15, -0.1) is 0 Å². The molecular formula is C11H7FIN3. The molecule has 1 N–H and O–H groups in total. The highest BCUT2D eigenvalue weighted by molar-refractivity contribution is 14.1. The number of nitrogens with one attached hydrogen (secondary N) is 1. The zero-order valence-electron chi connectivity index (χ0n) is 8.38. The number of anilines is 1. The molecule has 0 heterocycles. The molecule has 0 amide bonds. The third-order valence-corrected chi connectivity index (χ3v) is 3.26. The lowest BCUT2D eigenvalue weighted by Crippen LogP contribution is -1.96. The Morgan fingerprint density at radius 1 is 1.44 bits per heavy atom. The Labute approximate surface area is 106 Å². The Morgan fingerprint density at radius 2 is 2.06 bits per heavy atom. The second-order valence-electron chi connectivity index (χ2n) is 3.01. The lowest BCUT2D eigenvalue weighted by molar-refractivity contribution is 0.627. The van der Waals surface area contributed by atoms with Gasteiger partial charge in [-0.25, -0.2) is 4.39 Å². The molecule has 0 aliphatic carbocycles. The lowest BCUT2D eigenvalue weighted by Gasteiger charge is -2.07. The van der Waals surface area contributed by atoms with E-state index >= 15 is 0 Å². The minimum Gasteiger partial charge on any atom is -0.359 e. The molecule has 0 atom stereocenters. The van der Waals surface area contributed by atoms with Crippen LogP contribution >= 0.6 is 22.6 Å². The van der Waals surface area contributed by atoms with Crippen molar-refractivity contribution in [2.75, 3.05) is 5.32 Å². The topological polar surface area (TPSA) is 59.6 Å². The van der Waals surface area contributed by atoms with Crippen LogP contribution in [0, 0.1) is 39.0 Å². The molecule has 16 heavy (non-hydrogen) atoms. The normalized spacial score (nSPS) is 8.81. The molecule has 0 bridgehead atoms. The predicted octanol–water partition coefficient (Wildman–Crippen LogP) is 3.08. The summed E-state index contributed by atoms with van der Waals surface area (Å²) < 4.78 is 14.0. The summed E-state index contributed by atoms with van der Waals surface area (Å²) in [6.45, 7) is 1.79. The second-order valence-corrected chi connectivity index (χ2v) is 4.09. The molecule has 0 saturated carbocycles. The number of nitriles is 2. The zero-order valence-corrected chi connectivity index (χ0v) is 10.5. The summed E-state index contributed by atoms with van der Waals surface area (Å²) in [5.74, 6) is -0.357. The van der Waals surface area contributed by atoms with Crippen LogP contribution in [0.1, 0.15) is 5.56 Å². The number of benzene rings is 1. The molecular weight excluding hydrogens is 320 g/mol. The van der Waals surface area contributed by atoms with Crippen molar-refractivity contribution < 1.29 is 4.39 Å².